The third-order valence-corrected chi connectivity index (χ3v) is 5.50. The zero-order chi connectivity index (χ0) is 16.9. The smallest absolute Gasteiger partial charge is 0.237 e. The van der Waals surface area contributed by atoms with Crippen LogP contribution in [0.15, 0.2) is 27.1 Å². The fourth-order valence-electron chi connectivity index (χ4n) is 1.91. The van der Waals surface area contributed by atoms with Gasteiger partial charge < -0.3 is 9.84 Å². The minimum atomic E-state index is 0.585. The Labute approximate surface area is 153 Å². The summed E-state index contributed by atoms with van der Waals surface area (Å²) in [6, 6.07) is 5.80. The predicted molar refractivity (Wildman–Crippen MR) is 97.2 cm³/mol. The summed E-state index contributed by atoms with van der Waals surface area (Å²) in [5, 5.41) is 16.9. The van der Waals surface area contributed by atoms with Gasteiger partial charge >= 0.3 is 0 Å². The van der Waals surface area contributed by atoms with E-state index in [2.05, 4.69) is 32.6 Å². The molecule has 1 N–H and O–H groups in total. The Bertz CT molecular complexity index is 820. The van der Waals surface area contributed by atoms with Gasteiger partial charge in [0.05, 0.1) is 5.75 Å². The van der Waals surface area contributed by atoms with Crippen molar-refractivity contribution in [3.63, 3.8) is 0 Å². The van der Waals surface area contributed by atoms with Gasteiger partial charge in [0.1, 0.15) is 0 Å². The Morgan fingerprint density at radius 2 is 2.21 bits per heavy atom. The normalized spacial score (nSPS) is 11.0. The number of nitrogens with zero attached hydrogens (tertiary/aromatic N) is 4. The van der Waals surface area contributed by atoms with Gasteiger partial charge in [-0.15, -0.1) is 10.2 Å². The highest BCUT2D eigenvalue weighted by Gasteiger charge is 2.10. The van der Waals surface area contributed by atoms with Crippen molar-refractivity contribution in [1.82, 2.24) is 20.3 Å². The standard InChI is InChI=1S/C15H16ClN5OS2/c1-3-4-12-18-13(22-21-12)8-23-15-20-19-14(24-15)17-10-6-5-9(2)11(16)7-10/h5-7H,3-4,8H2,1-2H3,(H,17,19). The lowest BCUT2D eigenvalue weighted by Crippen LogP contribution is -1.89. The number of rotatable bonds is 7. The van der Waals surface area contributed by atoms with Crippen LogP contribution in [0, 0.1) is 6.92 Å². The van der Waals surface area contributed by atoms with Crippen molar-refractivity contribution >= 4 is 45.5 Å². The van der Waals surface area contributed by atoms with Crippen molar-refractivity contribution in [2.45, 2.75) is 36.8 Å². The number of halogens is 1. The van der Waals surface area contributed by atoms with E-state index in [1.54, 1.807) is 0 Å². The molecule has 3 rings (SSSR count). The largest absolute Gasteiger partial charge is 0.338 e. The van der Waals surface area contributed by atoms with E-state index in [-0.39, 0.29) is 0 Å². The van der Waals surface area contributed by atoms with Crippen molar-refractivity contribution in [3.05, 3.63) is 40.5 Å². The first-order valence-corrected chi connectivity index (χ1v) is 9.63. The quantitative estimate of drug-likeness (QED) is 0.585. The summed E-state index contributed by atoms with van der Waals surface area (Å²) in [7, 11) is 0. The molecule has 0 atom stereocenters. The summed E-state index contributed by atoms with van der Waals surface area (Å²) < 4.78 is 6.05. The van der Waals surface area contributed by atoms with Gasteiger partial charge in [0.2, 0.25) is 11.0 Å². The zero-order valence-electron chi connectivity index (χ0n) is 13.2. The molecule has 0 amide bonds. The van der Waals surface area contributed by atoms with Crippen LogP contribution in [0.2, 0.25) is 5.02 Å². The van der Waals surface area contributed by atoms with Crippen LogP contribution in [-0.2, 0) is 12.2 Å². The maximum atomic E-state index is 6.13. The van der Waals surface area contributed by atoms with Crippen LogP contribution in [0.3, 0.4) is 0 Å². The Morgan fingerprint density at radius 1 is 1.33 bits per heavy atom. The molecule has 0 radical (unpaired) electrons. The van der Waals surface area contributed by atoms with E-state index in [4.69, 9.17) is 16.1 Å². The average Bonchev–Trinajstić information content (AvgIpc) is 3.19. The molecule has 0 saturated heterocycles. The minimum absolute atomic E-state index is 0.585. The molecule has 0 aliphatic rings. The number of anilines is 2. The number of hydrogen-bond donors (Lipinski definition) is 1. The summed E-state index contributed by atoms with van der Waals surface area (Å²) in [6.45, 7) is 4.05. The predicted octanol–water partition coefficient (Wildman–Crippen LogP) is 4.87. The van der Waals surface area contributed by atoms with Crippen LogP contribution in [-0.4, -0.2) is 20.3 Å². The van der Waals surface area contributed by atoms with Crippen LogP contribution < -0.4 is 5.32 Å². The van der Waals surface area contributed by atoms with Gasteiger partial charge in [-0.2, -0.15) is 4.98 Å². The van der Waals surface area contributed by atoms with E-state index < -0.39 is 0 Å². The number of hydrogen-bond acceptors (Lipinski definition) is 8. The molecule has 6 nitrogen and oxygen atoms in total. The van der Waals surface area contributed by atoms with E-state index in [0.717, 1.165) is 44.4 Å². The lowest BCUT2D eigenvalue weighted by Gasteiger charge is -2.03. The number of aryl methyl sites for hydroxylation is 2. The third kappa shape index (κ3) is 4.46. The first kappa shape index (κ1) is 17.2. The topological polar surface area (TPSA) is 76.7 Å². The third-order valence-electron chi connectivity index (χ3n) is 3.13. The molecular weight excluding hydrogens is 366 g/mol. The van der Waals surface area contributed by atoms with Gasteiger partial charge in [0.25, 0.3) is 0 Å². The molecule has 1 aromatic carbocycles. The van der Waals surface area contributed by atoms with Crippen LogP contribution in [0.5, 0.6) is 0 Å². The van der Waals surface area contributed by atoms with Gasteiger partial charge in [-0.25, -0.2) is 0 Å². The van der Waals surface area contributed by atoms with Gasteiger partial charge in [-0.3, -0.25) is 0 Å². The molecular formula is C15H16ClN5OS2. The first-order valence-electron chi connectivity index (χ1n) is 7.45. The molecule has 2 heterocycles. The molecule has 0 unspecified atom stereocenters. The molecule has 9 heteroatoms. The fourth-order valence-corrected chi connectivity index (χ4v) is 3.70. The van der Waals surface area contributed by atoms with Crippen molar-refractivity contribution < 1.29 is 4.52 Å². The van der Waals surface area contributed by atoms with Crippen LogP contribution in [0.25, 0.3) is 0 Å². The summed E-state index contributed by atoms with van der Waals surface area (Å²) in [4.78, 5) is 4.34. The van der Waals surface area contributed by atoms with Crippen molar-refractivity contribution in [2.75, 3.05) is 5.32 Å². The first-order chi connectivity index (χ1) is 11.6. The molecule has 0 bridgehead atoms. The highest BCUT2D eigenvalue weighted by molar-refractivity contribution is 8.00. The van der Waals surface area contributed by atoms with Gasteiger partial charge in [-0.1, -0.05) is 52.8 Å². The van der Waals surface area contributed by atoms with E-state index in [1.165, 1.54) is 23.1 Å². The molecule has 2 aromatic heterocycles. The number of thioether (sulfide) groups is 1. The second-order valence-corrected chi connectivity index (χ2v) is 7.71. The Morgan fingerprint density at radius 3 is 3.00 bits per heavy atom. The van der Waals surface area contributed by atoms with Gasteiger partial charge in [-0.05, 0) is 31.0 Å². The number of nitrogens with one attached hydrogen (secondary N) is 1. The van der Waals surface area contributed by atoms with Crippen LogP contribution in [0.1, 0.15) is 30.6 Å². The van der Waals surface area contributed by atoms with E-state index >= 15 is 0 Å². The van der Waals surface area contributed by atoms with E-state index in [0.29, 0.717) is 11.6 Å². The highest BCUT2D eigenvalue weighted by Crippen LogP contribution is 2.30. The lowest BCUT2D eigenvalue weighted by atomic mass is 10.2. The van der Waals surface area contributed by atoms with E-state index in [9.17, 15) is 0 Å². The molecule has 0 aliphatic heterocycles. The molecule has 126 valence electrons. The maximum absolute atomic E-state index is 6.13. The van der Waals surface area contributed by atoms with Gasteiger partial charge in [0.15, 0.2) is 10.2 Å². The Kier molecular flexibility index (Phi) is 5.70. The molecule has 0 aliphatic carbocycles. The van der Waals surface area contributed by atoms with E-state index in [1.807, 2.05) is 25.1 Å². The Hall–Kier alpha value is -1.64. The lowest BCUT2D eigenvalue weighted by molar-refractivity contribution is 0.384. The SMILES string of the molecule is CCCc1noc(CSc2nnc(Nc3ccc(C)c(Cl)c3)s2)n1. The highest BCUT2D eigenvalue weighted by atomic mass is 35.5. The zero-order valence-corrected chi connectivity index (χ0v) is 15.6. The van der Waals surface area contributed by atoms with Crippen molar-refractivity contribution in [2.24, 2.45) is 0 Å². The summed E-state index contributed by atoms with van der Waals surface area (Å²) in [6.07, 6.45) is 1.83. The molecule has 24 heavy (non-hydrogen) atoms. The molecule has 0 spiro atoms. The second-order valence-electron chi connectivity index (χ2n) is 5.11. The summed E-state index contributed by atoms with van der Waals surface area (Å²) >= 11 is 9.12. The summed E-state index contributed by atoms with van der Waals surface area (Å²) in [5.41, 5.74) is 1.93. The molecule has 3 aromatic rings. The number of aromatic nitrogens is 4. The minimum Gasteiger partial charge on any atom is -0.338 e. The maximum Gasteiger partial charge on any atom is 0.237 e. The fraction of sp³-hybridized carbons (Fsp3) is 0.333. The summed E-state index contributed by atoms with van der Waals surface area (Å²) in [5.74, 6) is 1.95. The van der Waals surface area contributed by atoms with Crippen molar-refractivity contribution in [1.29, 1.82) is 0 Å². The molecule has 0 fully saturated rings. The van der Waals surface area contributed by atoms with Gasteiger partial charge in [0, 0.05) is 17.1 Å². The second kappa shape index (κ2) is 7.96. The number of benzene rings is 1. The van der Waals surface area contributed by atoms with Crippen LogP contribution >= 0.6 is 34.7 Å². The van der Waals surface area contributed by atoms with Crippen molar-refractivity contribution in [3.8, 4) is 0 Å². The Balaban J connectivity index is 1.57. The van der Waals surface area contributed by atoms with Crippen LogP contribution in [0.4, 0.5) is 10.8 Å². The monoisotopic (exact) mass is 381 g/mol. The average molecular weight is 382 g/mol. The molecule has 0 saturated carbocycles.